The molecule has 1 saturated carbocycles. The predicted molar refractivity (Wildman–Crippen MR) is 69.5 cm³/mol. The third-order valence-corrected chi connectivity index (χ3v) is 4.30. The van der Waals surface area contributed by atoms with Crippen molar-refractivity contribution in [3.8, 4) is 0 Å². The summed E-state index contributed by atoms with van der Waals surface area (Å²) in [4.78, 5) is 0. The van der Waals surface area contributed by atoms with Crippen molar-refractivity contribution in [2.24, 2.45) is 5.92 Å². The van der Waals surface area contributed by atoms with Gasteiger partial charge in [-0.15, -0.1) is 0 Å². The maximum Gasteiger partial charge on any atom is 0.0457 e. The molecule has 2 N–H and O–H groups in total. The molecule has 94 valence electrons. The zero-order valence-electron chi connectivity index (χ0n) is 10.6. The van der Waals surface area contributed by atoms with Gasteiger partial charge in [-0.25, -0.2) is 0 Å². The zero-order valence-corrected chi connectivity index (χ0v) is 10.6. The van der Waals surface area contributed by atoms with Crippen molar-refractivity contribution in [1.82, 2.24) is 10.6 Å². The van der Waals surface area contributed by atoms with Gasteiger partial charge in [-0.05, 0) is 12.3 Å². The molecular weight excluding hydrogens is 196 g/mol. The highest BCUT2D eigenvalue weighted by Crippen LogP contribution is 2.29. The maximum atomic E-state index is 3.48. The van der Waals surface area contributed by atoms with Crippen molar-refractivity contribution in [3.05, 3.63) is 0 Å². The molecule has 1 heterocycles. The van der Waals surface area contributed by atoms with Gasteiger partial charge in [-0.2, -0.15) is 0 Å². The van der Waals surface area contributed by atoms with E-state index < -0.39 is 0 Å². The van der Waals surface area contributed by atoms with E-state index in [-0.39, 0.29) is 0 Å². The molecule has 2 rings (SSSR count). The van der Waals surface area contributed by atoms with Crippen LogP contribution in [0.25, 0.3) is 0 Å². The van der Waals surface area contributed by atoms with Crippen LogP contribution < -0.4 is 10.6 Å². The summed E-state index contributed by atoms with van der Waals surface area (Å²) in [5.41, 5.74) is 0. The minimum Gasteiger partial charge on any atom is -0.303 e. The van der Waals surface area contributed by atoms with Crippen LogP contribution in [0.2, 0.25) is 0 Å². The summed E-state index contributed by atoms with van der Waals surface area (Å²) in [7, 11) is 0. The monoisotopic (exact) mass is 224 g/mol. The molecule has 16 heavy (non-hydrogen) atoms. The van der Waals surface area contributed by atoms with Gasteiger partial charge in [0.2, 0.25) is 0 Å². The van der Waals surface area contributed by atoms with E-state index in [0.29, 0.717) is 0 Å². The first-order valence-electron chi connectivity index (χ1n) is 7.39. The van der Waals surface area contributed by atoms with Gasteiger partial charge in [0.1, 0.15) is 0 Å². The fourth-order valence-electron chi connectivity index (χ4n) is 3.22. The van der Waals surface area contributed by atoms with Gasteiger partial charge in [0, 0.05) is 19.3 Å². The predicted octanol–water partition coefficient (Wildman–Crippen LogP) is 3.04. The molecule has 0 aromatic carbocycles. The molecular formula is C14H28N2. The van der Waals surface area contributed by atoms with E-state index in [1.54, 1.807) is 0 Å². The van der Waals surface area contributed by atoms with Gasteiger partial charge in [0.05, 0.1) is 0 Å². The molecule has 1 saturated heterocycles. The van der Waals surface area contributed by atoms with Crippen molar-refractivity contribution < 1.29 is 0 Å². The molecule has 1 aliphatic heterocycles. The molecule has 0 bridgehead atoms. The van der Waals surface area contributed by atoms with Crippen molar-refractivity contribution >= 4 is 0 Å². The Morgan fingerprint density at radius 3 is 2.31 bits per heavy atom. The lowest BCUT2D eigenvalue weighted by molar-refractivity contribution is 0.455. The van der Waals surface area contributed by atoms with E-state index in [9.17, 15) is 0 Å². The van der Waals surface area contributed by atoms with Gasteiger partial charge in [0.25, 0.3) is 0 Å². The molecule has 1 unspecified atom stereocenters. The maximum absolute atomic E-state index is 3.48. The second kappa shape index (κ2) is 7.29. The van der Waals surface area contributed by atoms with Gasteiger partial charge >= 0.3 is 0 Å². The summed E-state index contributed by atoms with van der Waals surface area (Å²) in [6, 6.07) is 0.759. The average molecular weight is 224 g/mol. The van der Waals surface area contributed by atoms with E-state index in [1.165, 1.54) is 70.8 Å². The SMILES string of the molecule is C(CCCC1CNCN1)CCC1CCCC1. The van der Waals surface area contributed by atoms with Crippen LogP contribution in [0.5, 0.6) is 0 Å². The topological polar surface area (TPSA) is 24.1 Å². The molecule has 0 radical (unpaired) electrons. The standard InChI is InChI=1S/C14H28N2/c1(3-7-13-8-5-6-9-13)2-4-10-14-11-15-12-16-14/h13-16H,1-12H2. The van der Waals surface area contributed by atoms with E-state index in [4.69, 9.17) is 0 Å². The van der Waals surface area contributed by atoms with Gasteiger partial charge in [-0.3, -0.25) is 0 Å². The van der Waals surface area contributed by atoms with Crippen LogP contribution in [-0.2, 0) is 0 Å². The van der Waals surface area contributed by atoms with Crippen molar-refractivity contribution in [2.45, 2.75) is 70.3 Å². The van der Waals surface area contributed by atoms with Crippen LogP contribution >= 0.6 is 0 Å². The first-order chi connectivity index (χ1) is 7.95. The lowest BCUT2D eigenvalue weighted by atomic mass is 9.99. The first-order valence-corrected chi connectivity index (χ1v) is 7.39. The molecule has 2 heteroatoms. The normalized spacial score (nSPS) is 26.6. The second-order valence-electron chi connectivity index (χ2n) is 5.67. The third kappa shape index (κ3) is 4.42. The average Bonchev–Trinajstić information content (AvgIpc) is 2.96. The number of rotatable bonds is 7. The fraction of sp³-hybridized carbons (Fsp3) is 1.00. The quantitative estimate of drug-likeness (QED) is 0.650. The minimum absolute atomic E-state index is 0.759. The summed E-state index contributed by atoms with van der Waals surface area (Å²) in [6.45, 7) is 2.20. The Kier molecular flexibility index (Phi) is 5.64. The van der Waals surface area contributed by atoms with Gasteiger partial charge in [-0.1, -0.05) is 57.8 Å². The summed E-state index contributed by atoms with van der Waals surface area (Å²) in [6.07, 6.45) is 14.8. The lowest BCUT2D eigenvalue weighted by Gasteiger charge is -2.10. The van der Waals surface area contributed by atoms with Gasteiger partial charge in [0.15, 0.2) is 0 Å². The molecule has 2 aliphatic rings. The zero-order chi connectivity index (χ0) is 11.1. The van der Waals surface area contributed by atoms with Crippen LogP contribution in [0.3, 0.4) is 0 Å². The Balaban J connectivity index is 1.37. The molecule has 0 amide bonds. The summed E-state index contributed by atoms with van der Waals surface area (Å²) in [5, 5.41) is 6.83. The number of nitrogens with one attached hydrogen (secondary N) is 2. The van der Waals surface area contributed by atoms with Crippen LogP contribution in [0, 0.1) is 5.92 Å². The molecule has 1 atom stereocenters. The highest BCUT2D eigenvalue weighted by atomic mass is 15.2. The van der Waals surface area contributed by atoms with Crippen LogP contribution in [0.15, 0.2) is 0 Å². The molecule has 0 spiro atoms. The van der Waals surface area contributed by atoms with E-state index >= 15 is 0 Å². The summed E-state index contributed by atoms with van der Waals surface area (Å²) < 4.78 is 0. The molecule has 1 aliphatic carbocycles. The van der Waals surface area contributed by atoms with E-state index in [0.717, 1.165) is 18.6 Å². The Hall–Kier alpha value is -0.0800. The lowest BCUT2D eigenvalue weighted by Crippen LogP contribution is -2.23. The number of unbranched alkanes of at least 4 members (excludes halogenated alkanes) is 3. The van der Waals surface area contributed by atoms with Crippen LogP contribution in [-0.4, -0.2) is 19.3 Å². The number of hydrogen-bond donors (Lipinski definition) is 2. The second-order valence-corrected chi connectivity index (χ2v) is 5.67. The summed E-state index contributed by atoms with van der Waals surface area (Å²) in [5.74, 6) is 1.10. The van der Waals surface area contributed by atoms with Gasteiger partial charge < -0.3 is 10.6 Å². The minimum atomic E-state index is 0.759. The third-order valence-electron chi connectivity index (χ3n) is 4.30. The number of hydrogen-bond acceptors (Lipinski definition) is 2. The van der Waals surface area contributed by atoms with Crippen molar-refractivity contribution in [3.63, 3.8) is 0 Å². The molecule has 2 nitrogen and oxygen atoms in total. The van der Waals surface area contributed by atoms with Crippen LogP contribution in [0.1, 0.15) is 64.2 Å². The highest BCUT2D eigenvalue weighted by Gasteiger charge is 2.14. The molecule has 2 fully saturated rings. The molecule has 0 aromatic rings. The first kappa shape index (κ1) is 12.4. The van der Waals surface area contributed by atoms with Crippen LogP contribution in [0.4, 0.5) is 0 Å². The fourth-order valence-corrected chi connectivity index (χ4v) is 3.22. The largest absolute Gasteiger partial charge is 0.303 e. The van der Waals surface area contributed by atoms with E-state index in [1.807, 2.05) is 0 Å². The Bertz CT molecular complexity index is 150. The molecule has 0 aromatic heterocycles. The Labute approximate surface area is 101 Å². The van der Waals surface area contributed by atoms with Crippen molar-refractivity contribution in [1.29, 1.82) is 0 Å². The smallest absolute Gasteiger partial charge is 0.0457 e. The Morgan fingerprint density at radius 1 is 0.875 bits per heavy atom. The van der Waals surface area contributed by atoms with Crippen molar-refractivity contribution in [2.75, 3.05) is 13.2 Å². The Morgan fingerprint density at radius 2 is 1.62 bits per heavy atom. The van der Waals surface area contributed by atoms with E-state index in [2.05, 4.69) is 10.6 Å². The highest BCUT2D eigenvalue weighted by molar-refractivity contribution is 4.74. The summed E-state index contributed by atoms with van der Waals surface area (Å²) >= 11 is 0.